The number of ether oxygens (including phenoxy) is 1. The van der Waals surface area contributed by atoms with Crippen LogP contribution in [0.2, 0.25) is 0 Å². The van der Waals surface area contributed by atoms with E-state index in [1.54, 1.807) is 11.3 Å². The number of para-hydroxylation sites is 1. The number of aromatic nitrogens is 3. The summed E-state index contributed by atoms with van der Waals surface area (Å²) in [6, 6.07) is 57.3. The highest BCUT2D eigenvalue weighted by atomic mass is 32.1. The number of hydrogen-bond donors (Lipinski definition) is 0. The van der Waals surface area contributed by atoms with Gasteiger partial charge < -0.3 is 4.74 Å². The molecule has 0 amide bonds. The van der Waals surface area contributed by atoms with Crippen molar-refractivity contribution in [3.8, 4) is 66.5 Å². The highest BCUT2D eigenvalue weighted by Gasteiger charge is 2.51. The molecule has 0 radical (unpaired) electrons. The smallest absolute Gasteiger partial charge is 0.174 e. The Bertz CT molecular complexity index is 2440. The third-order valence-electron chi connectivity index (χ3n) is 9.66. The summed E-state index contributed by atoms with van der Waals surface area (Å²) in [6.07, 6.45) is 0. The second kappa shape index (κ2) is 10.9. The van der Waals surface area contributed by atoms with Crippen LogP contribution in [0.4, 0.5) is 0 Å². The Morgan fingerprint density at radius 1 is 0.388 bits per heavy atom. The summed E-state index contributed by atoms with van der Waals surface area (Å²) in [7, 11) is 0. The normalized spacial score (nSPS) is 13.2. The van der Waals surface area contributed by atoms with Gasteiger partial charge in [0.1, 0.15) is 11.5 Å². The van der Waals surface area contributed by atoms with Crippen LogP contribution < -0.4 is 4.74 Å². The van der Waals surface area contributed by atoms with Crippen molar-refractivity contribution in [3.63, 3.8) is 0 Å². The average Bonchev–Trinajstić information content (AvgIpc) is 3.79. The molecule has 1 aliphatic heterocycles. The Balaban J connectivity index is 1.14. The van der Waals surface area contributed by atoms with Crippen LogP contribution in [0.25, 0.3) is 55.0 Å². The number of rotatable bonds is 4. The second-order valence-electron chi connectivity index (χ2n) is 12.4. The summed E-state index contributed by atoms with van der Waals surface area (Å²) in [6.45, 7) is 0. The molecule has 0 atom stereocenters. The fourth-order valence-electron chi connectivity index (χ4n) is 7.54. The van der Waals surface area contributed by atoms with Gasteiger partial charge in [0.05, 0.1) is 10.3 Å². The first-order valence-electron chi connectivity index (χ1n) is 16.4. The van der Waals surface area contributed by atoms with Gasteiger partial charge >= 0.3 is 0 Å². The van der Waals surface area contributed by atoms with Gasteiger partial charge in [-0.1, -0.05) is 127 Å². The number of benzene rings is 6. The van der Waals surface area contributed by atoms with Crippen molar-refractivity contribution in [2.75, 3.05) is 0 Å². The molecule has 10 rings (SSSR count). The molecule has 5 heteroatoms. The molecule has 2 aromatic heterocycles. The topological polar surface area (TPSA) is 47.9 Å². The fourth-order valence-corrected chi connectivity index (χ4v) is 8.48. The second-order valence-corrected chi connectivity index (χ2v) is 13.4. The maximum Gasteiger partial charge on any atom is 0.174 e. The summed E-state index contributed by atoms with van der Waals surface area (Å²) < 4.78 is 6.65. The van der Waals surface area contributed by atoms with E-state index in [1.807, 2.05) is 60.7 Å². The van der Waals surface area contributed by atoms with Crippen molar-refractivity contribution in [3.05, 3.63) is 186 Å². The number of nitrogens with zero attached hydrogens (tertiary/aromatic N) is 3. The van der Waals surface area contributed by atoms with Crippen LogP contribution in [0.5, 0.6) is 11.5 Å². The van der Waals surface area contributed by atoms with E-state index in [1.165, 1.54) is 22.3 Å². The molecule has 1 aliphatic carbocycles. The first-order chi connectivity index (χ1) is 24.3. The molecule has 230 valence electrons. The lowest BCUT2D eigenvalue weighted by Crippen LogP contribution is -2.32. The Morgan fingerprint density at radius 2 is 0.898 bits per heavy atom. The van der Waals surface area contributed by atoms with Crippen LogP contribution in [0.15, 0.2) is 164 Å². The van der Waals surface area contributed by atoms with Gasteiger partial charge in [-0.2, -0.15) is 0 Å². The Labute approximate surface area is 288 Å². The first kappa shape index (κ1) is 27.9. The fraction of sp³-hybridized carbons (Fsp3) is 0.0227. The van der Waals surface area contributed by atoms with Crippen LogP contribution >= 0.6 is 11.3 Å². The molecule has 0 fully saturated rings. The van der Waals surface area contributed by atoms with E-state index < -0.39 is 5.41 Å². The molecule has 49 heavy (non-hydrogen) atoms. The monoisotopic (exact) mass is 645 g/mol. The summed E-state index contributed by atoms with van der Waals surface area (Å²) in [5, 5.41) is 0. The number of thiophene rings is 1. The van der Waals surface area contributed by atoms with Gasteiger partial charge in [0.15, 0.2) is 17.5 Å². The quantitative estimate of drug-likeness (QED) is 0.191. The van der Waals surface area contributed by atoms with Crippen LogP contribution in [0.1, 0.15) is 22.3 Å². The van der Waals surface area contributed by atoms with E-state index in [-0.39, 0.29) is 0 Å². The van der Waals surface area contributed by atoms with Crippen LogP contribution in [0, 0.1) is 0 Å². The molecule has 2 aliphatic rings. The highest BCUT2D eigenvalue weighted by molar-refractivity contribution is 7.18. The predicted molar refractivity (Wildman–Crippen MR) is 197 cm³/mol. The Morgan fingerprint density at radius 3 is 1.55 bits per heavy atom. The van der Waals surface area contributed by atoms with Gasteiger partial charge in [0.25, 0.3) is 0 Å². The van der Waals surface area contributed by atoms with Crippen molar-refractivity contribution in [2.45, 2.75) is 5.41 Å². The van der Waals surface area contributed by atoms with Crippen molar-refractivity contribution >= 4 is 11.3 Å². The highest BCUT2D eigenvalue weighted by Crippen LogP contribution is 2.62. The molecule has 3 heterocycles. The summed E-state index contributed by atoms with van der Waals surface area (Å²) >= 11 is 1.69. The van der Waals surface area contributed by atoms with Crippen LogP contribution in [-0.2, 0) is 5.41 Å². The predicted octanol–water partition coefficient (Wildman–Crippen LogP) is 11.1. The maximum absolute atomic E-state index is 6.65. The average molecular weight is 646 g/mol. The molecule has 0 saturated heterocycles. The van der Waals surface area contributed by atoms with Crippen molar-refractivity contribution < 1.29 is 4.74 Å². The minimum absolute atomic E-state index is 0.503. The zero-order valence-electron chi connectivity index (χ0n) is 26.2. The lowest BCUT2D eigenvalue weighted by atomic mass is 9.66. The van der Waals surface area contributed by atoms with E-state index in [4.69, 9.17) is 19.7 Å². The molecule has 0 saturated carbocycles. The Kier molecular flexibility index (Phi) is 6.23. The zero-order chi connectivity index (χ0) is 32.4. The van der Waals surface area contributed by atoms with Crippen molar-refractivity contribution in [2.24, 2.45) is 0 Å². The third-order valence-corrected chi connectivity index (χ3v) is 10.8. The summed E-state index contributed by atoms with van der Waals surface area (Å²) in [5.41, 5.74) is 9.94. The molecule has 6 aromatic carbocycles. The van der Waals surface area contributed by atoms with Crippen LogP contribution in [0.3, 0.4) is 0 Å². The minimum atomic E-state index is -0.503. The number of hydrogen-bond acceptors (Lipinski definition) is 5. The van der Waals surface area contributed by atoms with Gasteiger partial charge in [-0.3, -0.25) is 0 Å². The first-order valence-corrected chi connectivity index (χ1v) is 17.2. The van der Waals surface area contributed by atoms with Crippen LogP contribution in [-0.4, -0.2) is 15.0 Å². The standard InChI is InChI=1S/C44H27N3OS/c1-3-13-28(14-4-1)41-45-42(29-15-5-2-6-16-29)47-43(46-41)40-26-25-39(49-40)30-23-24-38-36(27-30)44(35-21-11-12-22-37(35)48-38)33-19-9-7-17-31(33)32-18-8-10-20-34(32)44/h1-27H. The van der Waals surface area contributed by atoms with E-state index in [2.05, 4.69) is 103 Å². The molecule has 0 unspecified atom stereocenters. The van der Waals surface area contributed by atoms with E-state index in [9.17, 15) is 0 Å². The number of fused-ring (bicyclic) bond motifs is 9. The van der Waals surface area contributed by atoms with E-state index in [0.29, 0.717) is 17.5 Å². The summed E-state index contributed by atoms with van der Waals surface area (Å²) in [5.74, 6) is 3.75. The Hall–Kier alpha value is -6.17. The van der Waals surface area contributed by atoms with Crippen molar-refractivity contribution in [1.82, 2.24) is 15.0 Å². The van der Waals surface area contributed by atoms with E-state index in [0.717, 1.165) is 49.1 Å². The van der Waals surface area contributed by atoms with Gasteiger partial charge in [-0.05, 0) is 64.2 Å². The maximum atomic E-state index is 6.65. The largest absolute Gasteiger partial charge is 0.457 e. The minimum Gasteiger partial charge on any atom is -0.457 e. The van der Waals surface area contributed by atoms with Gasteiger partial charge in [0, 0.05) is 27.1 Å². The van der Waals surface area contributed by atoms with Crippen molar-refractivity contribution in [1.29, 1.82) is 0 Å². The van der Waals surface area contributed by atoms with Gasteiger partial charge in [0.2, 0.25) is 0 Å². The molecular formula is C44H27N3OS. The molecule has 0 bridgehead atoms. The third kappa shape index (κ3) is 4.26. The molecular weight excluding hydrogens is 619 g/mol. The molecule has 8 aromatic rings. The summed E-state index contributed by atoms with van der Waals surface area (Å²) in [4.78, 5) is 16.9. The lowest BCUT2D eigenvalue weighted by Gasteiger charge is -2.39. The lowest BCUT2D eigenvalue weighted by molar-refractivity contribution is 0.436. The van der Waals surface area contributed by atoms with Gasteiger partial charge in [-0.25, -0.2) is 15.0 Å². The molecule has 4 nitrogen and oxygen atoms in total. The van der Waals surface area contributed by atoms with Gasteiger partial charge in [-0.15, -0.1) is 11.3 Å². The van der Waals surface area contributed by atoms with E-state index >= 15 is 0 Å². The molecule has 0 N–H and O–H groups in total. The SMILES string of the molecule is c1ccc(-c2nc(-c3ccccc3)nc(-c3ccc(-c4ccc5c(c4)C4(c6ccccc6O5)c5ccccc5-c5ccccc54)s3)n2)cc1. The molecule has 1 spiro atoms. The zero-order valence-corrected chi connectivity index (χ0v) is 27.1.